The largest absolute Gasteiger partial charge is 0.495 e. The molecule has 24 heavy (non-hydrogen) atoms. The van der Waals surface area contributed by atoms with Gasteiger partial charge in [0.15, 0.2) is 6.61 Å². The first-order valence-corrected chi connectivity index (χ1v) is 8.78. The van der Waals surface area contributed by atoms with E-state index in [9.17, 15) is 13.2 Å². The van der Waals surface area contributed by atoms with Gasteiger partial charge in [0.05, 0.1) is 12.8 Å². The average Bonchev–Trinajstić information content (AvgIpc) is 3.02. The first-order chi connectivity index (χ1) is 11.0. The van der Waals surface area contributed by atoms with Gasteiger partial charge in [0.2, 0.25) is 10.0 Å². The van der Waals surface area contributed by atoms with Crippen LogP contribution in [0.3, 0.4) is 0 Å². The van der Waals surface area contributed by atoms with Crippen LogP contribution >= 0.6 is 12.4 Å². The van der Waals surface area contributed by atoms with Crippen molar-refractivity contribution in [2.24, 2.45) is 5.73 Å². The summed E-state index contributed by atoms with van der Waals surface area (Å²) in [7, 11) is -2.37. The lowest BCUT2D eigenvalue weighted by atomic mass is 10.2. The standard InChI is InChI=1S/C14H19N3O5S.ClH/c1-21-12-5-10-11(22-8-14(18)16-10)6-13(12)23(19,20)17-4-2-3-9(17)7-15;/h5-6,9H,2-4,7-8,15H2,1H3,(H,16,18);1H. The van der Waals surface area contributed by atoms with Crippen molar-refractivity contribution in [3.63, 3.8) is 0 Å². The van der Waals surface area contributed by atoms with Crippen LogP contribution in [-0.2, 0) is 14.8 Å². The van der Waals surface area contributed by atoms with Gasteiger partial charge < -0.3 is 20.5 Å². The van der Waals surface area contributed by atoms with Crippen LogP contribution in [0.5, 0.6) is 11.5 Å². The lowest BCUT2D eigenvalue weighted by molar-refractivity contribution is -0.118. The van der Waals surface area contributed by atoms with Crippen molar-refractivity contribution in [2.45, 2.75) is 23.8 Å². The fourth-order valence-corrected chi connectivity index (χ4v) is 4.80. The number of carbonyl (C=O) groups excluding carboxylic acids is 1. The molecule has 1 amide bonds. The number of halogens is 1. The van der Waals surface area contributed by atoms with E-state index in [-0.39, 0.29) is 48.2 Å². The van der Waals surface area contributed by atoms with Crippen molar-refractivity contribution in [1.29, 1.82) is 0 Å². The summed E-state index contributed by atoms with van der Waals surface area (Å²) in [5, 5.41) is 2.63. The number of hydrogen-bond donors (Lipinski definition) is 2. The third-order valence-corrected chi connectivity index (χ3v) is 6.05. The number of nitrogens with two attached hydrogens (primary N) is 1. The molecule has 0 aromatic heterocycles. The van der Waals surface area contributed by atoms with Crippen molar-refractivity contribution < 1.29 is 22.7 Å². The quantitative estimate of drug-likeness (QED) is 0.793. The fourth-order valence-electron chi connectivity index (χ4n) is 2.94. The summed E-state index contributed by atoms with van der Waals surface area (Å²) in [5.74, 6) is 0.183. The van der Waals surface area contributed by atoms with Crippen LogP contribution in [0, 0.1) is 0 Å². The molecule has 0 bridgehead atoms. The summed E-state index contributed by atoms with van der Waals surface area (Å²) in [4.78, 5) is 11.4. The molecular weight excluding hydrogens is 358 g/mol. The molecule has 3 N–H and O–H groups in total. The molecule has 2 aliphatic heterocycles. The van der Waals surface area contributed by atoms with Crippen molar-refractivity contribution in [3.05, 3.63) is 12.1 Å². The number of nitrogens with one attached hydrogen (secondary N) is 1. The predicted octanol–water partition coefficient (Wildman–Crippen LogP) is 0.560. The summed E-state index contributed by atoms with van der Waals surface area (Å²) in [5.41, 5.74) is 6.08. The highest BCUT2D eigenvalue weighted by atomic mass is 35.5. The van der Waals surface area contributed by atoms with E-state index in [0.29, 0.717) is 18.0 Å². The minimum atomic E-state index is -3.75. The van der Waals surface area contributed by atoms with E-state index >= 15 is 0 Å². The molecule has 1 atom stereocenters. The van der Waals surface area contributed by atoms with Gasteiger partial charge in [0, 0.05) is 31.3 Å². The van der Waals surface area contributed by atoms with Crippen LogP contribution < -0.4 is 20.5 Å². The molecule has 0 spiro atoms. The second kappa shape index (κ2) is 7.14. The van der Waals surface area contributed by atoms with Gasteiger partial charge in [-0.2, -0.15) is 4.31 Å². The molecule has 1 fully saturated rings. The molecule has 134 valence electrons. The van der Waals surface area contributed by atoms with Crippen LogP contribution in [-0.4, -0.2) is 51.5 Å². The Morgan fingerprint density at radius 2 is 2.21 bits per heavy atom. The Kier molecular flexibility index (Phi) is 5.59. The van der Waals surface area contributed by atoms with Crippen molar-refractivity contribution in [3.8, 4) is 11.5 Å². The third-order valence-electron chi connectivity index (χ3n) is 4.08. The number of anilines is 1. The molecule has 2 aliphatic rings. The summed E-state index contributed by atoms with van der Waals surface area (Å²) in [6.45, 7) is 0.565. The van der Waals surface area contributed by atoms with Gasteiger partial charge in [-0.25, -0.2) is 8.42 Å². The number of hydrogen-bond acceptors (Lipinski definition) is 6. The van der Waals surface area contributed by atoms with Crippen LogP contribution in [0.25, 0.3) is 0 Å². The summed E-state index contributed by atoms with van der Waals surface area (Å²) in [6.07, 6.45) is 1.52. The van der Waals surface area contributed by atoms with Gasteiger partial charge >= 0.3 is 0 Å². The normalized spacial score (nSPS) is 20.6. The molecular formula is C14H20ClN3O5S. The SMILES string of the molecule is COc1cc2c(cc1S(=O)(=O)N1CCCC1CN)OCC(=O)N2.Cl. The number of amides is 1. The predicted molar refractivity (Wildman–Crippen MR) is 90.3 cm³/mol. The first kappa shape index (κ1) is 18.8. The van der Waals surface area contributed by atoms with Gasteiger partial charge in [-0.05, 0) is 12.8 Å². The van der Waals surface area contributed by atoms with Gasteiger partial charge in [-0.3, -0.25) is 4.79 Å². The zero-order chi connectivity index (χ0) is 16.6. The molecule has 10 heteroatoms. The van der Waals surface area contributed by atoms with Crippen LogP contribution in [0.4, 0.5) is 5.69 Å². The highest BCUT2D eigenvalue weighted by Crippen LogP contribution is 2.39. The third kappa shape index (κ3) is 3.16. The number of ether oxygens (including phenoxy) is 2. The molecule has 0 radical (unpaired) electrons. The first-order valence-electron chi connectivity index (χ1n) is 7.34. The van der Waals surface area contributed by atoms with E-state index in [2.05, 4.69) is 5.32 Å². The highest BCUT2D eigenvalue weighted by molar-refractivity contribution is 7.89. The Morgan fingerprint density at radius 1 is 1.46 bits per heavy atom. The molecule has 0 aliphatic carbocycles. The molecule has 1 unspecified atom stereocenters. The Hall–Kier alpha value is -1.55. The Bertz CT molecular complexity index is 740. The minimum Gasteiger partial charge on any atom is -0.495 e. The number of carbonyl (C=O) groups is 1. The topological polar surface area (TPSA) is 111 Å². The minimum absolute atomic E-state index is 0. The maximum absolute atomic E-state index is 13.0. The molecule has 2 heterocycles. The smallest absolute Gasteiger partial charge is 0.262 e. The average molecular weight is 378 g/mol. The van der Waals surface area contributed by atoms with Gasteiger partial charge in [-0.1, -0.05) is 0 Å². The fraction of sp³-hybridized carbons (Fsp3) is 0.500. The number of benzene rings is 1. The monoisotopic (exact) mass is 377 g/mol. The Balaban J connectivity index is 0.00000208. The van der Waals surface area contributed by atoms with Crippen LogP contribution in [0.2, 0.25) is 0 Å². The summed E-state index contributed by atoms with van der Waals surface area (Å²) < 4.78 is 37.9. The highest BCUT2D eigenvalue weighted by Gasteiger charge is 2.37. The summed E-state index contributed by atoms with van der Waals surface area (Å²) >= 11 is 0. The van der Waals surface area contributed by atoms with Gasteiger partial charge in [-0.15, -0.1) is 12.4 Å². The van der Waals surface area contributed by atoms with E-state index in [1.807, 2.05) is 0 Å². The Morgan fingerprint density at radius 3 is 2.88 bits per heavy atom. The maximum Gasteiger partial charge on any atom is 0.262 e. The lowest BCUT2D eigenvalue weighted by Gasteiger charge is -2.25. The number of nitrogens with zero attached hydrogens (tertiary/aromatic N) is 1. The number of fused-ring (bicyclic) bond motifs is 1. The molecule has 8 nitrogen and oxygen atoms in total. The second-order valence-corrected chi connectivity index (χ2v) is 7.34. The van der Waals surface area contributed by atoms with E-state index in [4.69, 9.17) is 15.2 Å². The van der Waals surface area contributed by atoms with Crippen LogP contribution in [0.15, 0.2) is 17.0 Å². The van der Waals surface area contributed by atoms with E-state index in [0.717, 1.165) is 12.8 Å². The number of sulfonamides is 1. The maximum atomic E-state index is 13.0. The second-order valence-electron chi connectivity index (χ2n) is 5.48. The van der Waals surface area contributed by atoms with E-state index in [1.165, 1.54) is 23.5 Å². The zero-order valence-corrected chi connectivity index (χ0v) is 14.8. The number of rotatable bonds is 4. The molecule has 1 saturated heterocycles. The molecule has 1 aromatic rings. The van der Waals surface area contributed by atoms with Gasteiger partial charge in [0.25, 0.3) is 5.91 Å². The van der Waals surface area contributed by atoms with Gasteiger partial charge in [0.1, 0.15) is 16.4 Å². The van der Waals surface area contributed by atoms with Crippen molar-refractivity contribution >= 4 is 34.0 Å². The zero-order valence-electron chi connectivity index (χ0n) is 13.1. The van der Waals surface area contributed by atoms with Crippen LogP contribution in [0.1, 0.15) is 12.8 Å². The molecule has 0 saturated carbocycles. The van der Waals surface area contributed by atoms with E-state index < -0.39 is 10.0 Å². The molecule has 1 aromatic carbocycles. The lowest BCUT2D eigenvalue weighted by Crippen LogP contribution is -2.40. The van der Waals surface area contributed by atoms with Crippen molar-refractivity contribution in [1.82, 2.24) is 4.31 Å². The van der Waals surface area contributed by atoms with E-state index in [1.54, 1.807) is 0 Å². The Labute approximate surface area is 146 Å². The number of methoxy groups -OCH3 is 1. The van der Waals surface area contributed by atoms with Crippen molar-refractivity contribution in [2.75, 3.05) is 32.1 Å². The molecule has 3 rings (SSSR count). The summed E-state index contributed by atoms with van der Waals surface area (Å²) in [6, 6.07) is 2.66.